The predicted molar refractivity (Wildman–Crippen MR) is 151 cm³/mol. The summed E-state index contributed by atoms with van der Waals surface area (Å²) in [5.74, 6) is -2.98. The van der Waals surface area contributed by atoms with Crippen molar-refractivity contribution < 1.29 is 19.2 Å². The molecule has 9 heteroatoms. The van der Waals surface area contributed by atoms with Gasteiger partial charge < -0.3 is 15.6 Å². The summed E-state index contributed by atoms with van der Waals surface area (Å²) in [6.07, 6.45) is 2.38. The number of imide groups is 1. The number of nitrogens with zero attached hydrogens (tertiary/aromatic N) is 1. The minimum absolute atomic E-state index is 0.218. The number of amides is 4. The summed E-state index contributed by atoms with van der Waals surface area (Å²) in [6.45, 7) is 3.35. The Hall–Kier alpha value is -4.76. The highest BCUT2D eigenvalue weighted by Gasteiger charge is 2.70. The molecule has 4 aromatic rings. The minimum atomic E-state index is -1.37. The van der Waals surface area contributed by atoms with Crippen LogP contribution in [0.3, 0.4) is 0 Å². The third-order valence-electron chi connectivity index (χ3n) is 8.43. The van der Waals surface area contributed by atoms with Gasteiger partial charge in [-0.25, -0.2) is 4.90 Å². The molecule has 2 saturated heterocycles. The van der Waals surface area contributed by atoms with Crippen molar-refractivity contribution in [3.05, 3.63) is 89.6 Å². The van der Waals surface area contributed by atoms with Gasteiger partial charge >= 0.3 is 0 Å². The molecule has 4 unspecified atom stereocenters. The molecule has 0 radical (unpaired) electrons. The average Bonchev–Trinajstić information content (AvgIpc) is 3.64. The molecule has 3 aliphatic heterocycles. The van der Waals surface area contributed by atoms with Crippen LogP contribution < -0.4 is 20.9 Å². The lowest BCUT2D eigenvalue weighted by atomic mass is 9.76. The van der Waals surface area contributed by atoms with Crippen molar-refractivity contribution in [2.45, 2.75) is 31.8 Å². The molecule has 7 rings (SSSR count). The van der Waals surface area contributed by atoms with Gasteiger partial charge in [-0.2, -0.15) is 0 Å². The lowest BCUT2D eigenvalue weighted by molar-refractivity contribution is -0.130. The van der Waals surface area contributed by atoms with Crippen LogP contribution in [0.4, 0.5) is 17.1 Å². The maximum absolute atomic E-state index is 14.2. The monoisotopic (exact) mass is 533 g/mol. The summed E-state index contributed by atoms with van der Waals surface area (Å²) in [5, 5.41) is 10.2. The number of anilines is 3. The molecule has 200 valence electrons. The quantitative estimate of drug-likeness (QED) is 0.299. The van der Waals surface area contributed by atoms with Crippen LogP contribution >= 0.6 is 0 Å². The number of para-hydroxylation sites is 1. The van der Waals surface area contributed by atoms with Crippen molar-refractivity contribution in [3.63, 3.8) is 0 Å². The molecule has 3 aromatic carbocycles. The lowest BCUT2D eigenvalue weighted by Crippen LogP contribution is -2.53. The van der Waals surface area contributed by atoms with Crippen molar-refractivity contribution in [2.75, 3.05) is 15.5 Å². The van der Waals surface area contributed by atoms with Gasteiger partial charge in [0.1, 0.15) is 5.54 Å². The summed E-state index contributed by atoms with van der Waals surface area (Å²) in [7, 11) is 0. The number of aromatic amines is 1. The first-order valence-electron chi connectivity index (χ1n) is 13.3. The molecule has 4 atom stereocenters. The van der Waals surface area contributed by atoms with Crippen LogP contribution in [0, 0.1) is 18.8 Å². The molecule has 4 N–H and O–H groups in total. The van der Waals surface area contributed by atoms with E-state index in [9.17, 15) is 19.2 Å². The number of carbonyl (C=O) groups excluding carboxylic acids is 4. The van der Waals surface area contributed by atoms with E-state index in [4.69, 9.17) is 0 Å². The maximum atomic E-state index is 14.2. The molecule has 0 saturated carbocycles. The molecule has 0 bridgehead atoms. The van der Waals surface area contributed by atoms with Crippen molar-refractivity contribution in [3.8, 4) is 0 Å². The second-order valence-corrected chi connectivity index (χ2v) is 10.9. The minimum Gasteiger partial charge on any atom is -0.361 e. The number of benzene rings is 3. The highest BCUT2D eigenvalue weighted by atomic mass is 16.2. The van der Waals surface area contributed by atoms with Crippen LogP contribution in [-0.4, -0.2) is 34.7 Å². The standard InChI is InChI=1S/C31H27N5O4/c1-16-7-12-24-22(13-16)31(30(40)34-24)27-26(25(35-31)14-18-15-32-23-6-4-3-5-21(18)23)28(38)36(29(27)39)20-10-8-19(9-11-20)33-17(2)37/h3-13,15,25-27,32,35H,14H2,1-2H3,(H,33,37)(H,34,40). The van der Waals surface area contributed by atoms with E-state index < -0.39 is 29.3 Å². The smallest absolute Gasteiger partial charge is 0.250 e. The van der Waals surface area contributed by atoms with Gasteiger partial charge in [-0.3, -0.25) is 24.5 Å². The van der Waals surface area contributed by atoms with Crippen LogP contribution in [0.2, 0.25) is 0 Å². The second-order valence-electron chi connectivity index (χ2n) is 10.9. The second kappa shape index (κ2) is 8.62. The van der Waals surface area contributed by atoms with Gasteiger partial charge in [-0.05, 0) is 55.3 Å². The molecule has 9 nitrogen and oxygen atoms in total. The van der Waals surface area contributed by atoms with Crippen molar-refractivity contribution >= 4 is 51.6 Å². The van der Waals surface area contributed by atoms with Crippen LogP contribution in [0.25, 0.3) is 10.9 Å². The van der Waals surface area contributed by atoms with Crippen LogP contribution in [0.1, 0.15) is 23.6 Å². The first-order chi connectivity index (χ1) is 19.3. The van der Waals surface area contributed by atoms with E-state index in [2.05, 4.69) is 20.9 Å². The zero-order valence-electron chi connectivity index (χ0n) is 21.9. The van der Waals surface area contributed by atoms with E-state index in [0.29, 0.717) is 29.0 Å². The fourth-order valence-electron chi connectivity index (χ4n) is 6.78. The Kier molecular flexibility index (Phi) is 5.24. The Balaban J connectivity index is 1.34. The van der Waals surface area contributed by atoms with E-state index in [1.165, 1.54) is 11.8 Å². The van der Waals surface area contributed by atoms with E-state index in [0.717, 1.165) is 22.0 Å². The Morgan fingerprint density at radius 1 is 1.00 bits per heavy atom. The van der Waals surface area contributed by atoms with Gasteiger partial charge in [0, 0.05) is 47.0 Å². The van der Waals surface area contributed by atoms with E-state index in [1.54, 1.807) is 24.3 Å². The average molecular weight is 534 g/mol. The molecular formula is C31H27N5O4. The molecule has 1 aromatic heterocycles. The maximum Gasteiger partial charge on any atom is 0.250 e. The molecule has 4 amide bonds. The SMILES string of the molecule is CC(=O)Nc1ccc(N2C(=O)C3C(Cc4c[nH]c5ccccc45)NC4(C(=O)Nc5ccc(C)cc54)C3C2=O)cc1. The molecule has 4 heterocycles. The number of nitrogens with one attached hydrogen (secondary N) is 4. The summed E-state index contributed by atoms with van der Waals surface area (Å²) in [6, 6.07) is 19.7. The first kappa shape index (κ1) is 24.3. The third-order valence-corrected chi connectivity index (χ3v) is 8.43. The van der Waals surface area contributed by atoms with Crippen LogP contribution in [0.15, 0.2) is 72.9 Å². The number of hydrogen-bond acceptors (Lipinski definition) is 5. The summed E-state index contributed by atoms with van der Waals surface area (Å²) < 4.78 is 0. The first-order valence-corrected chi connectivity index (χ1v) is 13.3. The zero-order valence-corrected chi connectivity index (χ0v) is 21.9. The van der Waals surface area contributed by atoms with Gasteiger partial charge in [-0.15, -0.1) is 0 Å². The van der Waals surface area contributed by atoms with Gasteiger partial charge in [-0.1, -0.05) is 35.9 Å². The molecular weight excluding hydrogens is 506 g/mol. The molecule has 40 heavy (non-hydrogen) atoms. The van der Waals surface area contributed by atoms with Crippen molar-refractivity contribution in [1.29, 1.82) is 0 Å². The highest BCUT2D eigenvalue weighted by Crippen LogP contribution is 2.54. The highest BCUT2D eigenvalue weighted by molar-refractivity contribution is 6.26. The molecule has 1 spiro atoms. The van der Waals surface area contributed by atoms with E-state index >= 15 is 0 Å². The van der Waals surface area contributed by atoms with Crippen LogP contribution in [0.5, 0.6) is 0 Å². The van der Waals surface area contributed by atoms with Crippen molar-refractivity contribution in [1.82, 2.24) is 10.3 Å². The number of carbonyl (C=O) groups is 4. The van der Waals surface area contributed by atoms with Crippen molar-refractivity contribution in [2.24, 2.45) is 11.8 Å². The van der Waals surface area contributed by atoms with E-state index in [-0.39, 0.29) is 17.7 Å². The normalized spacial score (nSPS) is 25.0. The van der Waals surface area contributed by atoms with Gasteiger partial charge in [0.2, 0.25) is 23.6 Å². The Morgan fingerprint density at radius 2 is 1.77 bits per heavy atom. The van der Waals surface area contributed by atoms with Gasteiger partial charge in [0.05, 0.1) is 17.5 Å². The van der Waals surface area contributed by atoms with Crippen LogP contribution in [-0.2, 0) is 31.1 Å². The number of H-pyrrole nitrogens is 1. The summed E-state index contributed by atoms with van der Waals surface area (Å²) in [4.78, 5) is 58.1. The summed E-state index contributed by atoms with van der Waals surface area (Å²) >= 11 is 0. The molecule has 2 fully saturated rings. The number of aromatic nitrogens is 1. The molecule has 3 aliphatic rings. The Bertz CT molecular complexity index is 1740. The molecule has 0 aliphatic carbocycles. The topological polar surface area (TPSA) is 123 Å². The largest absolute Gasteiger partial charge is 0.361 e. The number of hydrogen-bond donors (Lipinski definition) is 4. The predicted octanol–water partition coefficient (Wildman–Crippen LogP) is 3.60. The van der Waals surface area contributed by atoms with Gasteiger partial charge in [0.25, 0.3) is 0 Å². The fraction of sp³-hybridized carbons (Fsp3) is 0.226. The Morgan fingerprint density at radius 3 is 2.55 bits per heavy atom. The Labute approximate surface area is 229 Å². The number of aryl methyl sites for hydroxylation is 1. The summed E-state index contributed by atoms with van der Waals surface area (Å²) in [5.41, 5.74) is 3.87. The third kappa shape index (κ3) is 3.37. The van der Waals surface area contributed by atoms with Gasteiger partial charge in [0.15, 0.2) is 0 Å². The zero-order chi connectivity index (χ0) is 27.8. The lowest BCUT2D eigenvalue weighted by Gasteiger charge is -2.29. The fourth-order valence-corrected chi connectivity index (χ4v) is 6.78. The number of fused-ring (bicyclic) bond motifs is 5. The van der Waals surface area contributed by atoms with E-state index in [1.807, 2.05) is 55.6 Å². The number of rotatable bonds is 4.